The highest BCUT2D eigenvalue weighted by Crippen LogP contribution is 2.27. The number of rotatable bonds is 1. The van der Waals surface area contributed by atoms with Gasteiger partial charge in [0.25, 0.3) is 9.05 Å². The normalized spacial score (nSPS) is 12.2. The second-order valence-corrected chi connectivity index (χ2v) is 6.10. The first-order chi connectivity index (χ1) is 6.89. The van der Waals surface area contributed by atoms with Crippen LogP contribution in [0.5, 0.6) is 0 Å². The largest absolute Gasteiger partial charge is 0.349 e. The monoisotopic (exact) mass is 243 g/mol. The molecule has 80 valence electrons. The molecule has 5 heteroatoms. The van der Waals surface area contributed by atoms with Crippen molar-refractivity contribution in [3.63, 3.8) is 0 Å². The van der Waals surface area contributed by atoms with Gasteiger partial charge in [-0.2, -0.15) is 0 Å². The lowest BCUT2D eigenvalue weighted by molar-refractivity contribution is 0.610. The van der Waals surface area contributed by atoms with Crippen molar-refractivity contribution in [1.29, 1.82) is 0 Å². The highest BCUT2D eigenvalue weighted by molar-refractivity contribution is 8.14. The Hall–Kier alpha value is -1.00. The summed E-state index contributed by atoms with van der Waals surface area (Å²) in [5.41, 5.74) is 1.96. The van der Waals surface area contributed by atoms with Gasteiger partial charge in [-0.05, 0) is 18.6 Å². The molecular weight excluding hydrogens is 234 g/mol. The number of benzene rings is 1. The number of nitrogens with zero attached hydrogens (tertiary/aromatic N) is 1. The Morgan fingerprint density at radius 3 is 2.60 bits per heavy atom. The van der Waals surface area contributed by atoms with Crippen molar-refractivity contribution in [1.82, 2.24) is 4.57 Å². The Kier molecular flexibility index (Phi) is 2.28. The third kappa shape index (κ3) is 1.75. The Balaban J connectivity index is 2.92. The molecule has 0 aliphatic rings. The average Bonchev–Trinajstić information content (AvgIpc) is 2.43. The van der Waals surface area contributed by atoms with Gasteiger partial charge in [-0.25, -0.2) is 8.42 Å². The summed E-state index contributed by atoms with van der Waals surface area (Å²) in [5, 5.41) is 0.665. The highest BCUT2D eigenvalue weighted by atomic mass is 35.7. The van der Waals surface area contributed by atoms with E-state index in [9.17, 15) is 8.42 Å². The zero-order valence-corrected chi connectivity index (χ0v) is 9.93. The molecule has 0 bridgehead atoms. The summed E-state index contributed by atoms with van der Waals surface area (Å²) in [6.07, 6.45) is 1.53. The molecule has 15 heavy (non-hydrogen) atoms. The lowest BCUT2D eigenvalue weighted by Crippen LogP contribution is -1.88. The molecule has 0 aliphatic heterocycles. The van der Waals surface area contributed by atoms with Crippen molar-refractivity contribution in [3.8, 4) is 0 Å². The summed E-state index contributed by atoms with van der Waals surface area (Å²) in [7, 11) is 3.48. The summed E-state index contributed by atoms with van der Waals surface area (Å²) < 4.78 is 24.4. The molecule has 0 unspecified atom stereocenters. The summed E-state index contributed by atoms with van der Waals surface area (Å²) >= 11 is 0. The molecule has 2 aromatic rings. The van der Waals surface area contributed by atoms with Crippen molar-refractivity contribution in [3.05, 3.63) is 30.0 Å². The predicted molar refractivity (Wildman–Crippen MR) is 60.7 cm³/mol. The summed E-state index contributed by atoms with van der Waals surface area (Å²) in [6.45, 7) is 1.96. The van der Waals surface area contributed by atoms with Gasteiger partial charge in [-0.15, -0.1) is 0 Å². The van der Waals surface area contributed by atoms with E-state index >= 15 is 0 Å². The molecule has 0 aliphatic carbocycles. The van der Waals surface area contributed by atoms with Crippen molar-refractivity contribution in [2.24, 2.45) is 7.05 Å². The Morgan fingerprint density at radius 1 is 1.33 bits per heavy atom. The van der Waals surface area contributed by atoms with E-state index in [4.69, 9.17) is 10.7 Å². The minimum Gasteiger partial charge on any atom is -0.349 e. The molecule has 2 rings (SSSR count). The number of hydrogen-bond donors (Lipinski definition) is 0. The third-order valence-corrected chi connectivity index (χ3v) is 3.72. The van der Waals surface area contributed by atoms with E-state index < -0.39 is 9.05 Å². The van der Waals surface area contributed by atoms with Crippen LogP contribution in [-0.4, -0.2) is 13.0 Å². The molecule has 1 aromatic carbocycles. The zero-order valence-electron chi connectivity index (χ0n) is 8.36. The van der Waals surface area contributed by atoms with E-state index in [1.165, 1.54) is 6.20 Å². The van der Waals surface area contributed by atoms with Crippen LogP contribution in [0.1, 0.15) is 5.56 Å². The Labute approximate surface area is 92.7 Å². The van der Waals surface area contributed by atoms with Gasteiger partial charge in [0.2, 0.25) is 0 Å². The Morgan fingerprint density at radius 2 is 2.00 bits per heavy atom. The lowest BCUT2D eigenvalue weighted by Gasteiger charge is -1.97. The third-order valence-electron chi connectivity index (χ3n) is 2.37. The van der Waals surface area contributed by atoms with Crippen LogP contribution < -0.4 is 0 Å². The van der Waals surface area contributed by atoms with Gasteiger partial charge in [-0.1, -0.05) is 12.1 Å². The second kappa shape index (κ2) is 3.25. The maximum absolute atomic E-state index is 11.3. The molecule has 0 saturated carbocycles. The smallest absolute Gasteiger partial charge is 0.263 e. The molecular formula is C10H10ClNO2S. The highest BCUT2D eigenvalue weighted by Gasteiger charge is 2.17. The number of halogens is 1. The van der Waals surface area contributed by atoms with E-state index in [1.54, 1.807) is 17.7 Å². The maximum Gasteiger partial charge on any atom is 0.263 e. The maximum atomic E-state index is 11.3. The molecule has 1 heterocycles. The van der Waals surface area contributed by atoms with Crippen LogP contribution in [-0.2, 0) is 16.1 Å². The van der Waals surface area contributed by atoms with Crippen LogP contribution in [0, 0.1) is 6.92 Å². The lowest BCUT2D eigenvalue weighted by atomic mass is 10.2. The van der Waals surface area contributed by atoms with Gasteiger partial charge in [0.05, 0.1) is 0 Å². The SMILES string of the molecule is Cc1ccc2c(S(=O)(=O)Cl)cn(C)c2c1. The average molecular weight is 244 g/mol. The molecule has 0 saturated heterocycles. The van der Waals surface area contributed by atoms with Crippen molar-refractivity contribution >= 4 is 30.6 Å². The Bertz CT molecular complexity index is 628. The molecule has 0 amide bonds. The van der Waals surface area contributed by atoms with Crippen LogP contribution in [0.2, 0.25) is 0 Å². The van der Waals surface area contributed by atoms with E-state index in [-0.39, 0.29) is 4.90 Å². The van der Waals surface area contributed by atoms with E-state index in [0.29, 0.717) is 5.39 Å². The molecule has 0 atom stereocenters. The van der Waals surface area contributed by atoms with Gasteiger partial charge in [0.1, 0.15) is 4.90 Å². The van der Waals surface area contributed by atoms with Crippen LogP contribution >= 0.6 is 10.7 Å². The quantitative estimate of drug-likeness (QED) is 0.722. The number of hydrogen-bond acceptors (Lipinski definition) is 2. The van der Waals surface area contributed by atoms with Gasteiger partial charge in [-0.3, -0.25) is 0 Å². The first-order valence-corrected chi connectivity index (χ1v) is 6.71. The standard InChI is InChI=1S/C10H10ClNO2S/c1-7-3-4-8-9(5-7)12(2)6-10(8)15(11,13)14/h3-6H,1-2H3. The first kappa shape index (κ1) is 10.5. The number of fused-ring (bicyclic) bond motifs is 1. The zero-order chi connectivity index (χ0) is 11.2. The van der Waals surface area contributed by atoms with Gasteiger partial charge in [0, 0.05) is 34.8 Å². The van der Waals surface area contributed by atoms with Gasteiger partial charge in [0.15, 0.2) is 0 Å². The minimum absolute atomic E-state index is 0.168. The van der Waals surface area contributed by atoms with Crippen molar-refractivity contribution in [2.75, 3.05) is 0 Å². The van der Waals surface area contributed by atoms with Crippen LogP contribution in [0.4, 0.5) is 0 Å². The molecule has 0 fully saturated rings. The van der Waals surface area contributed by atoms with E-state index in [1.807, 2.05) is 19.1 Å². The van der Waals surface area contributed by atoms with Crippen LogP contribution in [0.15, 0.2) is 29.3 Å². The fraction of sp³-hybridized carbons (Fsp3) is 0.200. The van der Waals surface area contributed by atoms with Gasteiger partial charge < -0.3 is 4.57 Å². The van der Waals surface area contributed by atoms with Gasteiger partial charge >= 0.3 is 0 Å². The predicted octanol–water partition coefficient (Wildman–Crippen LogP) is 2.41. The fourth-order valence-electron chi connectivity index (χ4n) is 1.65. The van der Waals surface area contributed by atoms with E-state index in [0.717, 1.165) is 11.1 Å². The van der Waals surface area contributed by atoms with Crippen molar-refractivity contribution < 1.29 is 8.42 Å². The fourth-order valence-corrected chi connectivity index (χ4v) is 2.74. The molecule has 0 spiro atoms. The number of aromatic nitrogens is 1. The minimum atomic E-state index is -3.67. The molecule has 1 aromatic heterocycles. The molecule has 3 nitrogen and oxygen atoms in total. The topological polar surface area (TPSA) is 39.1 Å². The first-order valence-electron chi connectivity index (χ1n) is 4.40. The number of aryl methyl sites for hydroxylation is 2. The van der Waals surface area contributed by atoms with E-state index in [2.05, 4.69) is 0 Å². The molecule has 0 N–H and O–H groups in total. The summed E-state index contributed by atoms with van der Waals surface area (Å²) in [4.78, 5) is 0.168. The van der Waals surface area contributed by atoms with Crippen LogP contribution in [0.3, 0.4) is 0 Å². The summed E-state index contributed by atoms with van der Waals surface area (Å²) in [6, 6.07) is 5.58. The van der Waals surface area contributed by atoms with Crippen molar-refractivity contribution in [2.45, 2.75) is 11.8 Å². The summed E-state index contributed by atoms with van der Waals surface area (Å²) in [5.74, 6) is 0. The van der Waals surface area contributed by atoms with Crippen LogP contribution in [0.25, 0.3) is 10.9 Å². The second-order valence-electron chi connectivity index (χ2n) is 3.56. The molecule has 0 radical (unpaired) electrons.